The van der Waals surface area contributed by atoms with E-state index in [1.807, 2.05) is 30.3 Å². The minimum Gasteiger partial charge on any atom is -0.379 e. The lowest BCUT2D eigenvalue weighted by Crippen LogP contribution is -2.15. The van der Waals surface area contributed by atoms with Crippen molar-refractivity contribution in [2.75, 3.05) is 31.7 Å². The number of para-hydroxylation sites is 1. The van der Waals surface area contributed by atoms with Crippen LogP contribution in [0.4, 0.5) is 5.82 Å². The van der Waals surface area contributed by atoms with Crippen molar-refractivity contribution in [2.24, 2.45) is 0 Å². The molecule has 2 heterocycles. The highest BCUT2D eigenvalue weighted by molar-refractivity contribution is 5.82. The van der Waals surface area contributed by atoms with E-state index in [4.69, 9.17) is 9.47 Å². The maximum atomic E-state index is 9.26. The quantitative estimate of drug-likeness (QED) is 0.830. The van der Waals surface area contributed by atoms with Crippen molar-refractivity contribution in [1.29, 1.82) is 5.26 Å². The lowest BCUT2D eigenvalue weighted by molar-refractivity contribution is 0.0427. The molecule has 3 rings (SSSR count). The van der Waals surface area contributed by atoms with Gasteiger partial charge < -0.3 is 14.8 Å². The molecule has 1 saturated heterocycles. The average molecular weight is 297 g/mol. The van der Waals surface area contributed by atoms with Gasteiger partial charge in [-0.05, 0) is 25.0 Å². The van der Waals surface area contributed by atoms with Crippen LogP contribution >= 0.6 is 0 Å². The number of nitrogens with zero attached hydrogens (tertiary/aromatic N) is 2. The summed E-state index contributed by atoms with van der Waals surface area (Å²) in [6.45, 7) is 2.93. The standard InChI is InChI=1S/C17H19N3O2/c18-11-14-10-13-4-1-2-5-16(13)20-17(14)19-7-3-8-22-15-6-9-21-12-15/h1-2,4-5,10,15H,3,6-9,12H2,(H,19,20)/t15-/m0/s1. The Labute approximate surface area is 129 Å². The summed E-state index contributed by atoms with van der Waals surface area (Å²) in [7, 11) is 0. The van der Waals surface area contributed by atoms with Crippen LogP contribution in [0.1, 0.15) is 18.4 Å². The van der Waals surface area contributed by atoms with Crippen LogP contribution in [0.3, 0.4) is 0 Å². The van der Waals surface area contributed by atoms with Crippen LogP contribution in [-0.2, 0) is 9.47 Å². The summed E-state index contributed by atoms with van der Waals surface area (Å²) in [4.78, 5) is 4.53. The molecule has 1 fully saturated rings. The van der Waals surface area contributed by atoms with E-state index in [9.17, 15) is 5.26 Å². The molecule has 0 bridgehead atoms. The maximum Gasteiger partial charge on any atom is 0.144 e. The van der Waals surface area contributed by atoms with Crippen molar-refractivity contribution in [3.63, 3.8) is 0 Å². The molecule has 0 unspecified atom stereocenters. The Bertz CT molecular complexity index is 675. The molecule has 1 atom stereocenters. The first-order valence-electron chi connectivity index (χ1n) is 7.60. The van der Waals surface area contributed by atoms with Crippen molar-refractivity contribution in [1.82, 2.24) is 4.98 Å². The van der Waals surface area contributed by atoms with Crippen molar-refractivity contribution >= 4 is 16.7 Å². The van der Waals surface area contributed by atoms with Gasteiger partial charge in [-0.25, -0.2) is 4.98 Å². The summed E-state index contributed by atoms with van der Waals surface area (Å²) in [6.07, 6.45) is 2.10. The number of aromatic nitrogens is 1. The van der Waals surface area contributed by atoms with Crippen molar-refractivity contribution in [3.05, 3.63) is 35.9 Å². The van der Waals surface area contributed by atoms with Gasteiger partial charge in [-0.15, -0.1) is 0 Å². The fraction of sp³-hybridized carbons (Fsp3) is 0.412. The van der Waals surface area contributed by atoms with Crippen molar-refractivity contribution < 1.29 is 9.47 Å². The van der Waals surface area contributed by atoms with Gasteiger partial charge in [0.2, 0.25) is 0 Å². The topological polar surface area (TPSA) is 67.2 Å². The predicted molar refractivity (Wildman–Crippen MR) is 84.7 cm³/mol. The van der Waals surface area contributed by atoms with Crippen LogP contribution in [0, 0.1) is 11.3 Å². The third kappa shape index (κ3) is 3.53. The minimum atomic E-state index is 0.244. The van der Waals surface area contributed by atoms with Gasteiger partial charge in [-0.2, -0.15) is 5.26 Å². The zero-order valence-corrected chi connectivity index (χ0v) is 12.4. The number of pyridine rings is 1. The molecule has 0 saturated carbocycles. The molecule has 0 amide bonds. The number of rotatable bonds is 6. The molecule has 1 N–H and O–H groups in total. The van der Waals surface area contributed by atoms with Gasteiger partial charge in [0, 0.05) is 25.1 Å². The molecular formula is C17H19N3O2. The van der Waals surface area contributed by atoms with Crippen LogP contribution in [0.15, 0.2) is 30.3 Å². The first kappa shape index (κ1) is 14.8. The van der Waals surface area contributed by atoms with Crippen LogP contribution in [-0.4, -0.2) is 37.5 Å². The first-order valence-corrected chi connectivity index (χ1v) is 7.60. The summed E-state index contributed by atoms with van der Waals surface area (Å²) in [6, 6.07) is 11.9. The van der Waals surface area contributed by atoms with E-state index in [0.29, 0.717) is 24.6 Å². The number of ether oxygens (including phenoxy) is 2. The summed E-state index contributed by atoms with van der Waals surface area (Å²) >= 11 is 0. The molecule has 0 aliphatic carbocycles. The number of benzene rings is 1. The lowest BCUT2D eigenvalue weighted by Gasteiger charge is -2.11. The summed E-state index contributed by atoms with van der Waals surface area (Å²) in [5.41, 5.74) is 1.46. The Kier molecular flexibility index (Phi) is 4.84. The second kappa shape index (κ2) is 7.21. The summed E-state index contributed by atoms with van der Waals surface area (Å²) in [5.74, 6) is 0.644. The molecule has 1 aliphatic heterocycles. The first-order chi connectivity index (χ1) is 10.9. The van der Waals surface area contributed by atoms with Gasteiger partial charge in [0.05, 0.1) is 23.8 Å². The number of fused-ring (bicyclic) bond motifs is 1. The van der Waals surface area contributed by atoms with Gasteiger partial charge in [0.25, 0.3) is 0 Å². The summed E-state index contributed by atoms with van der Waals surface area (Å²) in [5, 5.41) is 13.5. The fourth-order valence-corrected chi connectivity index (χ4v) is 2.51. The zero-order valence-electron chi connectivity index (χ0n) is 12.4. The molecule has 0 spiro atoms. The SMILES string of the molecule is N#Cc1cc2ccccc2nc1NCCCO[C@H]1CCOC1. The highest BCUT2D eigenvalue weighted by Crippen LogP contribution is 2.19. The number of nitriles is 1. The van der Waals surface area contributed by atoms with Gasteiger partial charge in [0.15, 0.2) is 0 Å². The predicted octanol–water partition coefficient (Wildman–Crippen LogP) is 2.71. The third-order valence-electron chi connectivity index (χ3n) is 3.70. The number of hydrogen-bond acceptors (Lipinski definition) is 5. The molecule has 5 nitrogen and oxygen atoms in total. The van der Waals surface area contributed by atoms with Gasteiger partial charge in [-0.3, -0.25) is 0 Å². The molecule has 1 aliphatic rings. The van der Waals surface area contributed by atoms with Crippen LogP contribution in [0.5, 0.6) is 0 Å². The largest absolute Gasteiger partial charge is 0.379 e. The lowest BCUT2D eigenvalue weighted by atomic mass is 10.1. The Morgan fingerprint density at radius 3 is 3.14 bits per heavy atom. The highest BCUT2D eigenvalue weighted by Gasteiger charge is 2.15. The molecule has 1 aromatic heterocycles. The monoisotopic (exact) mass is 297 g/mol. The van der Waals surface area contributed by atoms with E-state index >= 15 is 0 Å². The Hall–Kier alpha value is -2.16. The number of nitrogens with one attached hydrogen (secondary N) is 1. The van der Waals surface area contributed by atoms with Crippen molar-refractivity contribution in [3.8, 4) is 6.07 Å². The van der Waals surface area contributed by atoms with Crippen LogP contribution in [0.25, 0.3) is 10.9 Å². The Morgan fingerprint density at radius 2 is 2.32 bits per heavy atom. The molecular weight excluding hydrogens is 278 g/mol. The fourth-order valence-electron chi connectivity index (χ4n) is 2.51. The van der Waals surface area contributed by atoms with Gasteiger partial charge in [-0.1, -0.05) is 18.2 Å². The highest BCUT2D eigenvalue weighted by atomic mass is 16.5. The van der Waals surface area contributed by atoms with E-state index in [-0.39, 0.29) is 6.10 Å². The smallest absolute Gasteiger partial charge is 0.144 e. The number of anilines is 1. The van der Waals surface area contributed by atoms with E-state index in [0.717, 1.165) is 36.9 Å². The molecule has 1 aromatic carbocycles. The van der Waals surface area contributed by atoms with E-state index in [2.05, 4.69) is 16.4 Å². The maximum absolute atomic E-state index is 9.26. The molecule has 0 radical (unpaired) electrons. The summed E-state index contributed by atoms with van der Waals surface area (Å²) < 4.78 is 11.0. The van der Waals surface area contributed by atoms with E-state index in [1.54, 1.807) is 0 Å². The Balaban J connectivity index is 1.55. The van der Waals surface area contributed by atoms with Gasteiger partial charge in [0.1, 0.15) is 11.9 Å². The van der Waals surface area contributed by atoms with E-state index in [1.165, 1.54) is 0 Å². The third-order valence-corrected chi connectivity index (χ3v) is 3.70. The second-order valence-electron chi connectivity index (χ2n) is 5.33. The van der Waals surface area contributed by atoms with Crippen LogP contribution in [0.2, 0.25) is 0 Å². The Morgan fingerprint density at radius 1 is 1.41 bits per heavy atom. The van der Waals surface area contributed by atoms with Gasteiger partial charge >= 0.3 is 0 Å². The molecule has 114 valence electrons. The number of hydrogen-bond donors (Lipinski definition) is 1. The van der Waals surface area contributed by atoms with E-state index < -0.39 is 0 Å². The minimum absolute atomic E-state index is 0.244. The van der Waals surface area contributed by atoms with Crippen molar-refractivity contribution in [2.45, 2.75) is 18.9 Å². The molecule has 2 aromatic rings. The van der Waals surface area contributed by atoms with Crippen LogP contribution < -0.4 is 5.32 Å². The molecule has 5 heteroatoms. The average Bonchev–Trinajstić information content (AvgIpc) is 3.07. The molecule has 22 heavy (non-hydrogen) atoms. The zero-order chi connectivity index (χ0) is 15.2. The second-order valence-corrected chi connectivity index (χ2v) is 5.33. The normalized spacial score (nSPS) is 17.5.